The van der Waals surface area contributed by atoms with Gasteiger partial charge in [0.05, 0.1) is 42.6 Å². The molecule has 0 aromatic rings. The van der Waals surface area contributed by atoms with Crippen molar-refractivity contribution in [2.75, 3.05) is 53.0 Å². The van der Waals surface area contributed by atoms with Crippen molar-refractivity contribution in [2.24, 2.45) is 11.3 Å². The molecule has 1 N–H and O–H groups in total. The maximum Gasteiger partial charge on any atom is 0.409 e. The highest BCUT2D eigenvalue weighted by atomic mass is 32.1. The molecular weight excluding hydrogens is 394 g/mol. The average Bonchev–Trinajstić information content (AvgIpc) is 2.75. The Bertz CT molecular complexity index is 718. The molecule has 0 aromatic heterocycles. The summed E-state index contributed by atoms with van der Waals surface area (Å²) in [6.45, 7) is 6.52. The Morgan fingerprint density at radius 1 is 1.34 bits per heavy atom. The molecule has 2 amide bonds. The van der Waals surface area contributed by atoms with Crippen LogP contribution in [0.2, 0.25) is 0 Å². The normalized spacial score (nSPS) is 23.6. The lowest BCUT2D eigenvalue weighted by Gasteiger charge is -2.47. The maximum absolute atomic E-state index is 12.4. The molecule has 29 heavy (non-hydrogen) atoms. The van der Waals surface area contributed by atoms with Crippen molar-refractivity contribution < 1.29 is 19.1 Å². The predicted molar refractivity (Wildman–Crippen MR) is 107 cm³/mol. The summed E-state index contributed by atoms with van der Waals surface area (Å²) >= 11 is 4.30. The summed E-state index contributed by atoms with van der Waals surface area (Å²) in [5.74, 6) is -1.30. The number of thiol groups is 1. The third kappa shape index (κ3) is 4.84. The fourth-order valence-corrected chi connectivity index (χ4v) is 4.14. The molecule has 2 fully saturated rings. The smallest absolute Gasteiger partial charge is 0.409 e. The maximum atomic E-state index is 12.4. The van der Waals surface area contributed by atoms with Crippen LogP contribution in [0.4, 0.5) is 4.79 Å². The Morgan fingerprint density at radius 3 is 2.38 bits per heavy atom. The predicted octanol–water partition coefficient (Wildman–Crippen LogP) is 1.11. The molecule has 158 valence electrons. The summed E-state index contributed by atoms with van der Waals surface area (Å²) in [7, 11) is 1.51. The van der Waals surface area contributed by atoms with E-state index in [1.807, 2.05) is 0 Å². The van der Waals surface area contributed by atoms with Gasteiger partial charge in [-0.15, -0.1) is 12.6 Å². The van der Waals surface area contributed by atoms with Gasteiger partial charge in [0.1, 0.15) is 5.92 Å². The quantitative estimate of drug-likeness (QED) is 0.609. The van der Waals surface area contributed by atoms with Crippen LogP contribution in [-0.4, -0.2) is 74.8 Å². The number of amides is 2. The number of allylic oxidation sites excluding steroid dienone is 1. The third-order valence-electron chi connectivity index (χ3n) is 5.44. The number of morpholine rings is 1. The summed E-state index contributed by atoms with van der Waals surface area (Å²) in [6.07, 6.45) is 0.302. The van der Waals surface area contributed by atoms with Gasteiger partial charge in [-0.1, -0.05) is 0 Å². The molecule has 3 rings (SSSR count). The van der Waals surface area contributed by atoms with Crippen LogP contribution in [0.25, 0.3) is 0 Å². The SMILES string of the molecule is C1COCCN1.CCOC(=O)N1CCC2(CC1)C(C#N)=C(S)N(C)C(=O)C2C#N. The van der Waals surface area contributed by atoms with E-state index in [1.165, 1.54) is 11.9 Å². The van der Waals surface area contributed by atoms with Crippen molar-refractivity contribution in [3.05, 3.63) is 10.6 Å². The zero-order valence-electron chi connectivity index (χ0n) is 16.8. The van der Waals surface area contributed by atoms with Gasteiger partial charge >= 0.3 is 6.09 Å². The van der Waals surface area contributed by atoms with Gasteiger partial charge < -0.3 is 24.6 Å². The molecule has 1 unspecified atom stereocenters. The standard InChI is InChI=1S/C15H18N4O3S.C4H9NO/c1-3-22-14(21)19-6-4-15(5-7-19)10(8-16)12(20)18(2)13(23)11(15)9-17;1-3-6-4-2-5-1/h10,23H,3-7H2,1-2H3;5H,1-4H2. The lowest BCUT2D eigenvalue weighted by Crippen LogP contribution is -2.53. The van der Waals surface area contributed by atoms with Gasteiger partial charge in [-0.25, -0.2) is 4.79 Å². The first-order valence-corrected chi connectivity index (χ1v) is 10.1. The van der Waals surface area contributed by atoms with Crippen molar-refractivity contribution in [2.45, 2.75) is 19.8 Å². The van der Waals surface area contributed by atoms with Gasteiger partial charge in [-0.2, -0.15) is 10.5 Å². The highest BCUT2D eigenvalue weighted by Gasteiger charge is 2.54. The van der Waals surface area contributed by atoms with Crippen LogP contribution in [0.1, 0.15) is 19.8 Å². The Hall–Kier alpha value is -2.27. The molecule has 9 nitrogen and oxygen atoms in total. The van der Waals surface area contributed by atoms with E-state index >= 15 is 0 Å². The minimum atomic E-state index is -0.942. The Labute approximate surface area is 176 Å². The van der Waals surface area contributed by atoms with Gasteiger partial charge in [0.25, 0.3) is 0 Å². The second-order valence-electron chi connectivity index (χ2n) is 6.97. The van der Waals surface area contributed by atoms with Crippen LogP contribution in [0, 0.1) is 34.0 Å². The number of hydrogen-bond acceptors (Lipinski definition) is 8. The van der Waals surface area contributed by atoms with Gasteiger partial charge in [0, 0.05) is 38.6 Å². The molecule has 0 aliphatic carbocycles. The van der Waals surface area contributed by atoms with Crippen molar-refractivity contribution in [1.82, 2.24) is 15.1 Å². The number of hydrogen-bond donors (Lipinski definition) is 2. The molecule has 0 aromatic carbocycles. The van der Waals surface area contributed by atoms with E-state index in [9.17, 15) is 20.1 Å². The monoisotopic (exact) mass is 421 g/mol. The van der Waals surface area contributed by atoms with E-state index in [1.54, 1.807) is 11.8 Å². The fourth-order valence-electron chi connectivity index (χ4n) is 3.77. The van der Waals surface area contributed by atoms with Gasteiger partial charge in [0.2, 0.25) is 5.91 Å². The number of nitriles is 2. The number of carbonyl (C=O) groups is 2. The van der Waals surface area contributed by atoms with Gasteiger partial charge in [-0.05, 0) is 19.8 Å². The lowest BCUT2D eigenvalue weighted by atomic mass is 9.63. The summed E-state index contributed by atoms with van der Waals surface area (Å²) in [5, 5.41) is 22.5. The number of carbonyl (C=O) groups excluding carboxylic acids is 2. The van der Waals surface area contributed by atoms with Crippen molar-refractivity contribution >= 4 is 24.6 Å². The van der Waals surface area contributed by atoms with Crippen molar-refractivity contribution in [3.63, 3.8) is 0 Å². The summed E-state index contributed by atoms with van der Waals surface area (Å²) in [4.78, 5) is 27.0. The first kappa shape index (κ1) is 23.0. The van der Waals surface area contributed by atoms with Crippen LogP contribution in [0.15, 0.2) is 10.6 Å². The van der Waals surface area contributed by atoms with Gasteiger partial charge in [-0.3, -0.25) is 4.79 Å². The Morgan fingerprint density at radius 2 is 1.97 bits per heavy atom. The highest BCUT2D eigenvalue weighted by molar-refractivity contribution is 7.84. The number of rotatable bonds is 1. The molecule has 0 radical (unpaired) electrons. The molecule has 3 aliphatic heterocycles. The van der Waals surface area contributed by atoms with E-state index in [-0.39, 0.29) is 17.5 Å². The third-order valence-corrected chi connectivity index (χ3v) is 5.96. The van der Waals surface area contributed by atoms with Crippen LogP contribution >= 0.6 is 12.6 Å². The van der Waals surface area contributed by atoms with Gasteiger partial charge in [0.15, 0.2) is 0 Å². The zero-order chi connectivity index (χ0) is 21.4. The van der Waals surface area contributed by atoms with E-state index in [4.69, 9.17) is 9.47 Å². The average molecular weight is 422 g/mol. The van der Waals surface area contributed by atoms with Crippen LogP contribution in [0.3, 0.4) is 0 Å². The van der Waals surface area contributed by atoms with E-state index in [0.717, 1.165) is 26.3 Å². The molecule has 0 bridgehead atoms. The zero-order valence-corrected chi connectivity index (χ0v) is 17.7. The second kappa shape index (κ2) is 10.5. The molecule has 0 saturated carbocycles. The largest absolute Gasteiger partial charge is 0.450 e. The topological polar surface area (TPSA) is 119 Å². The number of likely N-dealkylation sites (tertiary alicyclic amines) is 1. The van der Waals surface area contributed by atoms with Crippen LogP contribution in [-0.2, 0) is 14.3 Å². The first-order chi connectivity index (χ1) is 13.9. The molecule has 1 atom stereocenters. The van der Waals surface area contributed by atoms with Crippen molar-refractivity contribution in [1.29, 1.82) is 10.5 Å². The molecule has 10 heteroatoms. The van der Waals surface area contributed by atoms with Crippen molar-refractivity contribution in [3.8, 4) is 12.1 Å². The number of nitrogens with one attached hydrogen (secondary N) is 1. The van der Waals surface area contributed by atoms with Crippen LogP contribution < -0.4 is 5.32 Å². The second-order valence-corrected chi connectivity index (χ2v) is 7.40. The molecule has 3 heterocycles. The molecule has 1 spiro atoms. The fraction of sp³-hybridized carbons (Fsp3) is 0.684. The highest BCUT2D eigenvalue weighted by Crippen LogP contribution is 2.50. The van der Waals surface area contributed by atoms with E-state index < -0.39 is 17.4 Å². The Balaban J connectivity index is 0.000000426. The number of nitrogens with zero attached hydrogens (tertiary/aromatic N) is 4. The lowest BCUT2D eigenvalue weighted by molar-refractivity contribution is -0.135. The minimum Gasteiger partial charge on any atom is -0.450 e. The number of piperidine rings is 1. The molecule has 3 aliphatic rings. The van der Waals surface area contributed by atoms with E-state index in [0.29, 0.717) is 31.5 Å². The molecular formula is C19H27N5O4S. The molecule has 2 saturated heterocycles. The first-order valence-electron chi connectivity index (χ1n) is 9.64. The minimum absolute atomic E-state index is 0.286. The summed E-state index contributed by atoms with van der Waals surface area (Å²) < 4.78 is 9.98. The summed E-state index contributed by atoms with van der Waals surface area (Å²) in [6, 6.07) is 4.18. The van der Waals surface area contributed by atoms with Crippen LogP contribution in [0.5, 0.6) is 0 Å². The van der Waals surface area contributed by atoms with E-state index in [2.05, 4.69) is 30.1 Å². The number of ether oxygens (including phenoxy) is 2. The summed E-state index contributed by atoms with van der Waals surface area (Å²) in [5.41, 5.74) is -0.536. The Kier molecular flexibility index (Phi) is 8.32.